The Kier molecular flexibility index (Phi) is 66.0. The van der Waals surface area contributed by atoms with Gasteiger partial charge in [-0.05, 0) is 0 Å². The summed E-state index contributed by atoms with van der Waals surface area (Å²) in [4.78, 5) is 0. The molecule has 0 heterocycles. The van der Waals surface area contributed by atoms with Gasteiger partial charge in [0.2, 0.25) is 0 Å². The van der Waals surface area contributed by atoms with Crippen molar-refractivity contribution in [2.45, 2.75) is 39.5 Å². The Morgan fingerprint density at radius 1 is 0.262 bits per heavy atom. The molecule has 10 rings (SSSR count). The second-order valence-corrected chi connectivity index (χ2v) is 31.4. The molecule has 0 bridgehead atoms. The van der Waals surface area contributed by atoms with Crippen LogP contribution in [0.4, 0.5) is 0 Å². The van der Waals surface area contributed by atoms with Crippen molar-refractivity contribution >= 4 is 121 Å². The Balaban J connectivity index is -0.000000452. The van der Waals surface area contributed by atoms with E-state index in [1.54, 1.807) is 0 Å². The second kappa shape index (κ2) is 64.5. The predicted molar refractivity (Wildman–Crippen MR) is 339 cm³/mol. The van der Waals surface area contributed by atoms with E-state index in [0.29, 0.717) is 0 Å². The minimum atomic E-state index is -1.63. The summed E-state index contributed by atoms with van der Waals surface area (Å²) in [6.07, 6.45) is 5.54. The molecular weight excluding hydrogens is 1600 g/mol. The van der Waals surface area contributed by atoms with E-state index >= 15 is 0 Å². The van der Waals surface area contributed by atoms with Crippen LogP contribution in [0.3, 0.4) is 0 Å². The summed E-state index contributed by atoms with van der Waals surface area (Å²) in [5.41, 5.74) is 0. The van der Waals surface area contributed by atoms with Crippen molar-refractivity contribution in [3.63, 3.8) is 0 Å². The van der Waals surface area contributed by atoms with Gasteiger partial charge in [0.15, 0.2) is 0 Å². The monoisotopic (exact) mass is 1670 g/mol. The third-order valence-corrected chi connectivity index (χ3v) is 24.7. The predicted octanol–water partition coefficient (Wildman–Crippen LogP) is 9.10. The van der Waals surface area contributed by atoms with Gasteiger partial charge in [0.25, 0.3) is 0 Å². The fourth-order valence-corrected chi connectivity index (χ4v) is 19.3. The van der Waals surface area contributed by atoms with E-state index in [-0.39, 0.29) is 105 Å². The SMILES string of the molecule is CCCCCC.[C-]#[O+].[C-]#[O+].[C-]#[O+].[C-]#[O+].[C-]#[O+].[Ge][c]1ccccc1.[Rh].[Rh].[Rh].c1cc[c]([Ge]([c]2ccccc2)[c]2ccccc2)cc1.c1cc[c]([Ge][c]2ccccc2)cc1.c1cc[c]([Ge][c]2ccccc2)cc1.c1cc[c]([Ge][c]2ccccc2)cc1. The van der Waals surface area contributed by atoms with Crippen molar-refractivity contribution in [2.75, 3.05) is 0 Å². The normalized spacial score (nSPS) is 8.45. The van der Waals surface area contributed by atoms with Crippen LogP contribution in [0.5, 0.6) is 0 Å². The van der Waals surface area contributed by atoms with Gasteiger partial charge in [-0.15, -0.1) is 0 Å². The average molecular weight is 1670 g/mol. The van der Waals surface area contributed by atoms with Gasteiger partial charge in [0.1, 0.15) is 0 Å². The summed E-state index contributed by atoms with van der Waals surface area (Å²) < 4.78 is 52.3. The van der Waals surface area contributed by atoms with Crippen LogP contribution in [0.25, 0.3) is 0 Å². The maximum absolute atomic E-state index is 7.50. The molecule has 84 heavy (non-hydrogen) atoms. The van der Waals surface area contributed by atoms with E-state index < -0.39 is 14.3 Å². The van der Waals surface area contributed by atoms with Crippen LogP contribution in [0, 0.1) is 33.3 Å². The Morgan fingerprint density at radius 2 is 0.405 bits per heavy atom. The van der Waals surface area contributed by atoms with E-state index in [2.05, 4.69) is 349 Å². The third kappa shape index (κ3) is 43.2. The molecule has 10 aromatic rings. The summed E-state index contributed by atoms with van der Waals surface area (Å²) in [7, 11) is 0. The van der Waals surface area contributed by atoms with Crippen LogP contribution in [-0.4, -0.2) is 77.2 Å². The van der Waals surface area contributed by atoms with Crippen molar-refractivity contribution in [2.24, 2.45) is 0 Å². The molecule has 0 unspecified atom stereocenters. The van der Waals surface area contributed by atoms with Crippen LogP contribution in [0.15, 0.2) is 303 Å². The van der Waals surface area contributed by atoms with Crippen molar-refractivity contribution in [1.29, 1.82) is 0 Å². The molecule has 0 saturated heterocycles. The zero-order valence-corrected chi connectivity index (χ0v) is 62.1. The van der Waals surface area contributed by atoms with Gasteiger partial charge in [0, 0.05) is 58.4 Å². The van der Waals surface area contributed by atoms with Gasteiger partial charge in [-0.3, -0.25) is 0 Å². The summed E-state index contributed by atoms with van der Waals surface area (Å²) in [5.74, 6) is 0. The van der Waals surface area contributed by atoms with Gasteiger partial charge >= 0.3 is 481 Å². The first-order valence-electron chi connectivity index (χ1n) is 25.5. The molecule has 0 fully saturated rings. The van der Waals surface area contributed by atoms with Crippen LogP contribution in [-0.2, 0) is 81.7 Å². The number of hydrogen-bond acceptors (Lipinski definition) is 0. The quantitative estimate of drug-likeness (QED) is 0.0505. The second-order valence-electron chi connectivity index (χ2n) is 16.1. The number of hydrogen-bond donors (Lipinski definition) is 0. The molecule has 0 aliphatic heterocycles. The number of unbranched alkanes of at least 4 members (excludes halogenated alkanes) is 3. The summed E-state index contributed by atoms with van der Waals surface area (Å²) in [5, 5.41) is 0. The number of benzene rings is 10. The summed E-state index contributed by atoms with van der Waals surface area (Å²) in [6.45, 7) is 27.0. The fraction of sp³-hybridized carbons (Fsp3) is 0.0845. The van der Waals surface area contributed by atoms with E-state index in [1.807, 2.05) is 18.2 Å². The molecular formula is C71H64Ge5O5Rh3. The molecule has 10 aromatic carbocycles. The molecule has 0 atom stereocenters. The first-order valence-corrected chi connectivity index (χ1v) is 36.0. The molecule has 0 amide bonds. The molecule has 13 heteroatoms. The Labute approximate surface area is 572 Å². The summed E-state index contributed by atoms with van der Waals surface area (Å²) in [6, 6.07) is 107. The van der Waals surface area contributed by atoms with Gasteiger partial charge < -0.3 is 0 Å². The van der Waals surface area contributed by atoms with Gasteiger partial charge in [-0.25, -0.2) is 0 Å². The topological polar surface area (TPSA) is 99.5 Å². The molecule has 13 radical (unpaired) electrons. The maximum atomic E-state index is 7.50. The van der Waals surface area contributed by atoms with E-state index in [4.69, 9.17) is 23.3 Å². The average Bonchev–Trinajstić information content (AvgIpc) is 3.76. The van der Waals surface area contributed by atoms with Gasteiger partial charge in [-0.2, -0.15) is 0 Å². The zero-order valence-electron chi connectivity index (χ0n) is 46.7. The summed E-state index contributed by atoms with van der Waals surface area (Å²) >= 11 is 0.128. The molecule has 0 aliphatic rings. The van der Waals surface area contributed by atoms with Crippen LogP contribution >= 0.6 is 0 Å². The molecule has 0 aliphatic carbocycles. The van der Waals surface area contributed by atoms with Crippen LogP contribution in [0.1, 0.15) is 39.5 Å². The van der Waals surface area contributed by atoms with Gasteiger partial charge in [-0.1, -0.05) is 39.5 Å². The van der Waals surface area contributed by atoms with Crippen molar-refractivity contribution in [3.8, 4) is 0 Å². The molecule has 0 aromatic heterocycles. The molecule has 0 spiro atoms. The first kappa shape index (κ1) is 85.9. The molecule has 0 saturated carbocycles. The van der Waals surface area contributed by atoms with Crippen LogP contribution in [0.2, 0.25) is 0 Å². The third-order valence-electron chi connectivity index (χ3n) is 10.4. The standard InChI is InChI=1S/C18H15Ge.3C12H10Ge.C6H5Ge.C6H14.5CO.3Rh/c1-4-10-16(11-5-1)19(17-12-6-2-7-13-17)18-14-8-3-9-15-18;3*1-3-7-11(8-4-1)13-12-9-5-2-6-10-12;7-6-4-2-1-3-5-6;1-3-5-6-4-2;5*1-2;;;/h1-15H;3*1-10H;1-5H;3-6H2,1-2H3;;;;;;;;. The van der Waals surface area contributed by atoms with Crippen molar-refractivity contribution < 1.29 is 81.7 Å². The van der Waals surface area contributed by atoms with Crippen LogP contribution < -0.4 is 44.0 Å². The molecule has 425 valence electrons. The molecule has 0 N–H and O–H groups in total. The fourth-order valence-electron chi connectivity index (χ4n) is 6.88. The van der Waals surface area contributed by atoms with Crippen molar-refractivity contribution in [1.82, 2.24) is 0 Å². The van der Waals surface area contributed by atoms with Gasteiger partial charge in [0.05, 0.1) is 0 Å². The minimum absolute atomic E-state index is 0. The van der Waals surface area contributed by atoms with E-state index in [9.17, 15) is 0 Å². The van der Waals surface area contributed by atoms with E-state index in [0.717, 1.165) is 0 Å². The number of rotatable bonds is 12. The zero-order chi connectivity index (χ0) is 59.7. The van der Waals surface area contributed by atoms with Crippen molar-refractivity contribution in [3.05, 3.63) is 337 Å². The van der Waals surface area contributed by atoms with E-state index in [1.165, 1.54) is 69.6 Å². The Bertz CT molecular complexity index is 2620. The first-order chi connectivity index (χ1) is 40.1. The Morgan fingerprint density at radius 3 is 0.536 bits per heavy atom. The Hall–Kier alpha value is -4.52. The molecule has 5 nitrogen and oxygen atoms in total.